The summed E-state index contributed by atoms with van der Waals surface area (Å²) in [7, 11) is -4.29. The summed E-state index contributed by atoms with van der Waals surface area (Å²) in [4.78, 5) is 30.2. The number of sulfonamides is 1. The van der Waals surface area contributed by atoms with E-state index >= 15 is 0 Å². The third-order valence-electron chi connectivity index (χ3n) is 8.26. The Morgan fingerprint density at radius 3 is 2.07 bits per heavy atom. The largest absolute Gasteiger partial charge is 0.352 e. The minimum atomic E-state index is -4.29. The summed E-state index contributed by atoms with van der Waals surface area (Å²) >= 11 is 12.9. The van der Waals surface area contributed by atoms with Gasteiger partial charge in [-0.15, -0.1) is 0 Å². The van der Waals surface area contributed by atoms with E-state index in [1.54, 1.807) is 24.3 Å². The molecule has 240 valence electrons. The van der Waals surface area contributed by atoms with Gasteiger partial charge in [0, 0.05) is 19.0 Å². The number of halogens is 2. The molecule has 1 aliphatic carbocycles. The van der Waals surface area contributed by atoms with Crippen molar-refractivity contribution in [2.75, 3.05) is 10.8 Å². The lowest BCUT2D eigenvalue weighted by atomic mass is 10.0. The lowest BCUT2D eigenvalue weighted by Crippen LogP contribution is -2.54. The van der Waals surface area contributed by atoms with Crippen LogP contribution in [0, 0.1) is 6.92 Å². The summed E-state index contributed by atoms with van der Waals surface area (Å²) in [5.41, 5.74) is 2.63. The maximum absolute atomic E-state index is 14.6. The standard InChI is InChI=1S/C36H37Cl2N3O4S/c1-26-19-21-30(22-20-26)46(44,45)41(32-18-10-17-31(37)35(32)38)25-34(42)40(24-28-13-6-3-7-14-28)33(23-27-11-4-2-5-12-27)36(43)39-29-15-8-9-16-29/h2-7,10-14,17-22,29,33H,8-9,15-16,23-25H2,1H3,(H,39,43)/t33-/m1/s1. The second-order valence-corrected chi connectivity index (χ2v) is 14.2. The first-order valence-electron chi connectivity index (χ1n) is 15.3. The number of benzene rings is 4. The topological polar surface area (TPSA) is 86.8 Å². The predicted octanol–water partition coefficient (Wildman–Crippen LogP) is 7.20. The van der Waals surface area contributed by atoms with Crippen LogP contribution >= 0.6 is 23.2 Å². The zero-order valence-corrected chi connectivity index (χ0v) is 27.9. The second kappa shape index (κ2) is 15.2. The summed E-state index contributed by atoms with van der Waals surface area (Å²) in [5, 5.41) is 3.33. The number of carbonyl (C=O) groups is 2. The third kappa shape index (κ3) is 8.10. The normalized spacial score (nSPS) is 14.1. The van der Waals surface area contributed by atoms with Gasteiger partial charge in [-0.05, 0) is 55.2 Å². The average Bonchev–Trinajstić information content (AvgIpc) is 3.57. The van der Waals surface area contributed by atoms with Crippen molar-refractivity contribution >= 4 is 50.7 Å². The molecular weight excluding hydrogens is 641 g/mol. The molecule has 4 aromatic rings. The number of hydrogen-bond acceptors (Lipinski definition) is 4. The summed E-state index contributed by atoms with van der Waals surface area (Å²) in [5.74, 6) is -0.827. The van der Waals surface area contributed by atoms with Crippen LogP contribution < -0.4 is 9.62 Å². The van der Waals surface area contributed by atoms with Crippen molar-refractivity contribution in [2.24, 2.45) is 0 Å². The minimum absolute atomic E-state index is 0.00192. The van der Waals surface area contributed by atoms with Crippen molar-refractivity contribution in [1.82, 2.24) is 10.2 Å². The molecule has 1 saturated carbocycles. The SMILES string of the molecule is Cc1ccc(S(=O)(=O)N(CC(=O)N(Cc2ccccc2)[C@H](Cc2ccccc2)C(=O)NC2CCCC2)c2cccc(Cl)c2Cl)cc1. The fourth-order valence-corrected chi connectivity index (χ4v) is 7.61. The van der Waals surface area contributed by atoms with Crippen LogP contribution in [0.3, 0.4) is 0 Å². The van der Waals surface area contributed by atoms with Gasteiger partial charge in [0.1, 0.15) is 12.6 Å². The van der Waals surface area contributed by atoms with E-state index in [0.717, 1.165) is 46.7 Å². The highest BCUT2D eigenvalue weighted by atomic mass is 35.5. The monoisotopic (exact) mass is 677 g/mol. The Bertz CT molecular complexity index is 1750. The number of hydrogen-bond donors (Lipinski definition) is 1. The van der Waals surface area contributed by atoms with E-state index in [0.29, 0.717) is 0 Å². The van der Waals surface area contributed by atoms with Crippen LogP contribution in [0.25, 0.3) is 0 Å². The van der Waals surface area contributed by atoms with Gasteiger partial charge in [0.25, 0.3) is 10.0 Å². The van der Waals surface area contributed by atoms with E-state index in [4.69, 9.17) is 23.2 Å². The van der Waals surface area contributed by atoms with Crippen molar-refractivity contribution in [3.05, 3.63) is 130 Å². The maximum atomic E-state index is 14.6. The van der Waals surface area contributed by atoms with Crippen LogP contribution in [0.15, 0.2) is 108 Å². The molecule has 10 heteroatoms. The van der Waals surface area contributed by atoms with E-state index in [1.165, 1.54) is 23.1 Å². The third-order valence-corrected chi connectivity index (χ3v) is 10.8. The number of anilines is 1. The van der Waals surface area contributed by atoms with E-state index < -0.39 is 28.5 Å². The van der Waals surface area contributed by atoms with Gasteiger partial charge in [0.15, 0.2) is 0 Å². The van der Waals surface area contributed by atoms with Gasteiger partial charge in [-0.2, -0.15) is 0 Å². The minimum Gasteiger partial charge on any atom is -0.352 e. The van der Waals surface area contributed by atoms with Gasteiger partial charge in [0.05, 0.1) is 20.6 Å². The Morgan fingerprint density at radius 1 is 0.826 bits per heavy atom. The highest BCUT2D eigenvalue weighted by Crippen LogP contribution is 2.36. The van der Waals surface area contributed by atoms with E-state index in [2.05, 4.69) is 5.32 Å². The molecule has 0 unspecified atom stereocenters. The fraction of sp³-hybridized carbons (Fsp3) is 0.278. The van der Waals surface area contributed by atoms with Gasteiger partial charge in [-0.1, -0.05) is 120 Å². The molecule has 0 heterocycles. The van der Waals surface area contributed by atoms with Crippen LogP contribution in [0.2, 0.25) is 10.0 Å². The van der Waals surface area contributed by atoms with Crippen LogP contribution in [0.5, 0.6) is 0 Å². The summed E-state index contributed by atoms with van der Waals surface area (Å²) in [6, 6.07) is 29.0. The molecule has 2 amide bonds. The van der Waals surface area contributed by atoms with Crippen molar-refractivity contribution in [2.45, 2.75) is 62.6 Å². The van der Waals surface area contributed by atoms with E-state index in [9.17, 15) is 18.0 Å². The Kier molecular flexibility index (Phi) is 11.0. The van der Waals surface area contributed by atoms with Gasteiger partial charge in [-0.25, -0.2) is 8.42 Å². The number of amides is 2. The number of nitrogens with zero attached hydrogens (tertiary/aromatic N) is 2. The molecule has 46 heavy (non-hydrogen) atoms. The zero-order valence-electron chi connectivity index (χ0n) is 25.6. The molecule has 7 nitrogen and oxygen atoms in total. The van der Waals surface area contributed by atoms with Crippen LogP contribution in [-0.2, 0) is 32.6 Å². The lowest BCUT2D eigenvalue weighted by molar-refractivity contribution is -0.140. The van der Waals surface area contributed by atoms with Crippen molar-refractivity contribution < 1.29 is 18.0 Å². The molecule has 0 bridgehead atoms. The van der Waals surface area contributed by atoms with Crippen LogP contribution in [0.1, 0.15) is 42.4 Å². The summed E-state index contributed by atoms with van der Waals surface area (Å²) in [6.07, 6.45) is 4.08. The first-order valence-corrected chi connectivity index (χ1v) is 17.5. The quantitative estimate of drug-likeness (QED) is 0.172. The molecular formula is C36H37Cl2N3O4S. The zero-order chi connectivity index (χ0) is 32.7. The predicted molar refractivity (Wildman–Crippen MR) is 183 cm³/mol. The Balaban J connectivity index is 1.58. The van der Waals surface area contributed by atoms with Gasteiger partial charge in [0.2, 0.25) is 11.8 Å². The molecule has 0 radical (unpaired) electrons. The van der Waals surface area contributed by atoms with Crippen molar-refractivity contribution in [3.8, 4) is 0 Å². The van der Waals surface area contributed by atoms with Gasteiger partial charge in [-0.3, -0.25) is 13.9 Å². The highest BCUT2D eigenvalue weighted by molar-refractivity contribution is 7.92. The molecule has 0 aromatic heterocycles. The number of aryl methyl sites for hydroxylation is 1. The second-order valence-electron chi connectivity index (χ2n) is 11.6. The Morgan fingerprint density at radius 2 is 1.43 bits per heavy atom. The molecule has 1 fully saturated rings. The molecule has 0 aliphatic heterocycles. The molecule has 0 spiro atoms. The van der Waals surface area contributed by atoms with Crippen molar-refractivity contribution in [3.63, 3.8) is 0 Å². The summed E-state index contributed by atoms with van der Waals surface area (Å²) in [6.45, 7) is 1.35. The van der Waals surface area contributed by atoms with E-state index in [-0.39, 0.29) is 45.5 Å². The smallest absolute Gasteiger partial charge is 0.264 e. The fourth-order valence-electron chi connectivity index (χ4n) is 5.74. The highest BCUT2D eigenvalue weighted by Gasteiger charge is 2.36. The molecule has 5 rings (SSSR count). The van der Waals surface area contributed by atoms with Gasteiger partial charge < -0.3 is 10.2 Å². The number of carbonyl (C=O) groups excluding carboxylic acids is 2. The van der Waals surface area contributed by atoms with E-state index in [1.807, 2.05) is 67.6 Å². The molecule has 1 atom stereocenters. The first kappa shape index (κ1) is 33.5. The molecule has 0 saturated heterocycles. The Hall–Kier alpha value is -3.85. The van der Waals surface area contributed by atoms with Crippen LogP contribution in [0.4, 0.5) is 5.69 Å². The number of rotatable bonds is 12. The number of nitrogens with one attached hydrogen (secondary N) is 1. The average molecular weight is 679 g/mol. The maximum Gasteiger partial charge on any atom is 0.264 e. The molecule has 1 N–H and O–H groups in total. The Labute approximate surface area is 281 Å². The molecule has 4 aromatic carbocycles. The van der Waals surface area contributed by atoms with Gasteiger partial charge >= 0.3 is 0 Å². The van der Waals surface area contributed by atoms with Crippen molar-refractivity contribution in [1.29, 1.82) is 0 Å². The first-order chi connectivity index (χ1) is 22.1. The summed E-state index contributed by atoms with van der Waals surface area (Å²) < 4.78 is 29.4. The molecule has 1 aliphatic rings. The van der Waals surface area contributed by atoms with Crippen LogP contribution in [-0.4, -0.2) is 43.8 Å². The lowest BCUT2D eigenvalue weighted by Gasteiger charge is -2.34.